The number of aliphatic carboxylic acids is 1. The Hall–Kier alpha value is -1.12. The maximum atomic E-state index is 11.8. The van der Waals surface area contributed by atoms with Crippen LogP contribution >= 0.6 is 0 Å². The molecule has 1 heterocycles. The zero-order valence-electron chi connectivity index (χ0n) is 8.96. The Balaban J connectivity index is 2.77. The lowest BCUT2D eigenvalue weighted by atomic mass is 9.80. The molecule has 1 rings (SSSR count). The van der Waals surface area contributed by atoms with Gasteiger partial charge in [0.15, 0.2) is 0 Å². The molecular weight excluding hydrogens is 215 g/mol. The van der Waals surface area contributed by atoms with Crippen molar-refractivity contribution in [1.29, 1.82) is 0 Å². The number of nitrogens with zero attached hydrogens (tertiary/aromatic N) is 1. The average molecular weight is 230 g/mol. The fourth-order valence-electron chi connectivity index (χ4n) is 1.80. The molecule has 0 unspecified atom stereocenters. The molecule has 0 aliphatic carbocycles. The average Bonchev–Trinajstić information content (AvgIpc) is 2.41. The molecule has 0 bridgehead atoms. The molecule has 0 aromatic carbocycles. The summed E-state index contributed by atoms with van der Waals surface area (Å²) in [6.07, 6.45) is -0.244. The Morgan fingerprint density at radius 3 is 2.69 bits per heavy atom. The molecule has 2 atom stereocenters. The summed E-state index contributed by atoms with van der Waals surface area (Å²) in [5.74, 6) is -2.47. The van der Waals surface area contributed by atoms with Crippen molar-refractivity contribution in [3.63, 3.8) is 0 Å². The van der Waals surface area contributed by atoms with Crippen LogP contribution in [0.3, 0.4) is 0 Å². The van der Waals surface area contributed by atoms with Gasteiger partial charge in [-0.15, -0.1) is 0 Å². The van der Waals surface area contributed by atoms with E-state index in [0.29, 0.717) is 0 Å². The van der Waals surface area contributed by atoms with Gasteiger partial charge in [-0.2, -0.15) is 0 Å². The Labute approximate surface area is 93.0 Å². The lowest BCUT2D eigenvalue weighted by molar-refractivity contribution is -0.143. The molecule has 1 aliphatic heterocycles. The second-order valence-corrected chi connectivity index (χ2v) is 4.13. The number of nitrogens with two attached hydrogens (primary N) is 1. The van der Waals surface area contributed by atoms with E-state index < -0.39 is 36.9 Å². The number of hydrogen-bond acceptors (Lipinski definition) is 5. The molecule has 0 saturated carbocycles. The van der Waals surface area contributed by atoms with Gasteiger partial charge < -0.3 is 25.8 Å². The van der Waals surface area contributed by atoms with E-state index in [2.05, 4.69) is 0 Å². The van der Waals surface area contributed by atoms with Crippen LogP contribution in [-0.4, -0.2) is 57.1 Å². The zero-order valence-corrected chi connectivity index (χ0v) is 8.96. The third-order valence-corrected chi connectivity index (χ3v) is 2.88. The molecule has 0 aromatic rings. The van der Waals surface area contributed by atoms with Gasteiger partial charge in [0.2, 0.25) is 5.91 Å². The highest BCUT2D eigenvalue weighted by Crippen LogP contribution is 2.25. The predicted molar refractivity (Wildman–Crippen MR) is 55.2 cm³/mol. The molecule has 0 aromatic heterocycles. The summed E-state index contributed by atoms with van der Waals surface area (Å²) in [5, 5.41) is 26.6. The monoisotopic (exact) mass is 230 g/mol. The number of carbonyl (C=O) groups excluding carboxylic acids is 1. The van der Waals surface area contributed by atoms with Crippen LogP contribution in [0.15, 0.2) is 0 Å². The highest BCUT2D eigenvalue weighted by Gasteiger charge is 2.47. The van der Waals surface area contributed by atoms with Crippen molar-refractivity contribution in [3.05, 3.63) is 0 Å². The van der Waals surface area contributed by atoms with Crippen molar-refractivity contribution in [3.8, 4) is 0 Å². The number of rotatable bonds is 4. The molecule has 5 N–H and O–H groups in total. The van der Waals surface area contributed by atoms with Crippen LogP contribution in [0.2, 0.25) is 0 Å². The molecule has 1 fully saturated rings. The minimum atomic E-state index is -1.66. The van der Waals surface area contributed by atoms with E-state index >= 15 is 0 Å². The molecule has 0 spiro atoms. The van der Waals surface area contributed by atoms with E-state index in [1.54, 1.807) is 0 Å². The summed E-state index contributed by atoms with van der Waals surface area (Å²) < 4.78 is 0. The maximum absolute atomic E-state index is 11.8. The number of likely N-dealkylation sites (tertiary alicyclic amines) is 1. The molecule has 0 radical (unpaired) electrons. The first-order valence-electron chi connectivity index (χ1n) is 4.96. The Morgan fingerprint density at radius 1 is 1.69 bits per heavy atom. The van der Waals surface area contributed by atoms with E-state index in [1.165, 1.54) is 11.8 Å². The fourth-order valence-corrected chi connectivity index (χ4v) is 1.80. The molecule has 1 amide bonds. The predicted octanol–water partition coefficient (Wildman–Crippen LogP) is -2.21. The van der Waals surface area contributed by atoms with Crippen molar-refractivity contribution in [2.24, 2.45) is 5.73 Å². The van der Waals surface area contributed by atoms with Crippen molar-refractivity contribution in [2.75, 3.05) is 6.54 Å². The maximum Gasteiger partial charge on any atom is 0.475 e. The lowest BCUT2D eigenvalue weighted by Gasteiger charge is -2.26. The van der Waals surface area contributed by atoms with E-state index in [9.17, 15) is 9.59 Å². The van der Waals surface area contributed by atoms with Crippen LogP contribution in [0.1, 0.15) is 19.8 Å². The molecular formula is C8H15BN2O5. The Morgan fingerprint density at radius 2 is 2.25 bits per heavy atom. The van der Waals surface area contributed by atoms with Gasteiger partial charge in [0.05, 0.1) is 12.4 Å². The van der Waals surface area contributed by atoms with Crippen LogP contribution in [0.4, 0.5) is 0 Å². The lowest BCUT2D eigenvalue weighted by Crippen LogP contribution is -2.53. The summed E-state index contributed by atoms with van der Waals surface area (Å²) in [4.78, 5) is 23.6. The van der Waals surface area contributed by atoms with Crippen molar-refractivity contribution in [1.82, 2.24) is 4.90 Å². The van der Waals surface area contributed by atoms with E-state index in [-0.39, 0.29) is 13.0 Å². The number of amides is 1. The highest BCUT2D eigenvalue weighted by molar-refractivity contribution is 6.43. The van der Waals surface area contributed by atoms with Crippen LogP contribution in [0.5, 0.6) is 0 Å². The first-order chi connectivity index (χ1) is 7.28. The van der Waals surface area contributed by atoms with Crippen molar-refractivity contribution >= 4 is 19.0 Å². The number of carboxylic acid groups (broad SMARTS) is 1. The van der Waals surface area contributed by atoms with Gasteiger partial charge in [-0.25, -0.2) is 0 Å². The number of hydrogen-bond donors (Lipinski definition) is 4. The highest BCUT2D eigenvalue weighted by atomic mass is 16.4. The number of carbonyl (C=O) groups is 2. The quantitative estimate of drug-likeness (QED) is 0.406. The van der Waals surface area contributed by atoms with Crippen LogP contribution in [0, 0.1) is 0 Å². The van der Waals surface area contributed by atoms with Gasteiger partial charge in [0.1, 0.15) is 5.54 Å². The molecule has 8 heteroatoms. The van der Waals surface area contributed by atoms with E-state index in [0.717, 1.165) is 0 Å². The van der Waals surface area contributed by atoms with Crippen LogP contribution in [0.25, 0.3) is 0 Å². The van der Waals surface area contributed by atoms with Gasteiger partial charge in [-0.3, -0.25) is 9.59 Å². The minimum Gasteiger partial charge on any atom is -0.481 e. The molecule has 7 nitrogen and oxygen atoms in total. The third-order valence-electron chi connectivity index (χ3n) is 2.88. The molecule has 1 aliphatic rings. The topological polar surface area (TPSA) is 124 Å². The summed E-state index contributed by atoms with van der Waals surface area (Å²) >= 11 is 0. The van der Waals surface area contributed by atoms with Crippen LogP contribution < -0.4 is 5.73 Å². The Kier molecular flexibility index (Phi) is 3.56. The summed E-state index contributed by atoms with van der Waals surface area (Å²) in [6, 6.07) is 0. The largest absolute Gasteiger partial charge is 0.481 e. The first-order valence-corrected chi connectivity index (χ1v) is 4.96. The molecule has 90 valence electrons. The molecule has 1 saturated heterocycles. The van der Waals surface area contributed by atoms with E-state index in [4.69, 9.17) is 20.9 Å². The SMILES string of the molecule is C[C@@H](B(O)O)N1CC[C@](N)(CC(=O)O)C1=O. The Bertz CT molecular complexity index is 311. The van der Waals surface area contributed by atoms with Gasteiger partial charge >= 0.3 is 13.1 Å². The second kappa shape index (κ2) is 4.40. The fraction of sp³-hybridized carbons (Fsp3) is 0.750. The van der Waals surface area contributed by atoms with E-state index in [1.807, 2.05) is 0 Å². The second-order valence-electron chi connectivity index (χ2n) is 4.13. The van der Waals surface area contributed by atoms with Gasteiger partial charge in [-0.1, -0.05) is 0 Å². The number of carboxylic acids is 1. The normalized spacial score (nSPS) is 27.0. The molecule has 16 heavy (non-hydrogen) atoms. The minimum absolute atomic E-state index is 0.204. The third kappa shape index (κ3) is 2.34. The van der Waals surface area contributed by atoms with Crippen LogP contribution in [-0.2, 0) is 9.59 Å². The first kappa shape index (κ1) is 13.0. The summed E-state index contributed by atoms with van der Waals surface area (Å²) in [7, 11) is -1.66. The van der Waals surface area contributed by atoms with Crippen molar-refractivity contribution < 1.29 is 24.7 Å². The van der Waals surface area contributed by atoms with Crippen molar-refractivity contribution in [2.45, 2.75) is 31.2 Å². The smallest absolute Gasteiger partial charge is 0.475 e. The standard InChI is InChI=1S/C8H15BN2O5/c1-5(9(15)16)11-3-2-8(10,7(11)14)4-6(12)13/h5,15-16H,2-4,10H2,1H3,(H,12,13)/t5-,8-/m0/s1. The zero-order chi connectivity index (χ0) is 12.5. The summed E-state index contributed by atoms with van der Waals surface area (Å²) in [5.41, 5.74) is 4.27. The van der Waals surface area contributed by atoms with Gasteiger partial charge in [0.25, 0.3) is 0 Å². The van der Waals surface area contributed by atoms with Gasteiger partial charge in [0, 0.05) is 6.54 Å². The van der Waals surface area contributed by atoms with Gasteiger partial charge in [-0.05, 0) is 13.3 Å². The summed E-state index contributed by atoms with van der Waals surface area (Å²) in [6.45, 7) is 1.70.